The molecule has 100 valence electrons. The van der Waals surface area contributed by atoms with Gasteiger partial charge in [0.15, 0.2) is 5.76 Å². The van der Waals surface area contributed by atoms with Crippen molar-refractivity contribution >= 4 is 0 Å². The summed E-state index contributed by atoms with van der Waals surface area (Å²) in [6.45, 7) is 0.846. The molecular formula is C16H19FNO+. The number of halogens is 1. The molecule has 1 fully saturated rings. The highest BCUT2D eigenvalue weighted by molar-refractivity contribution is 5.58. The van der Waals surface area contributed by atoms with Gasteiger partial charge in [-0.3, -0.25) is 0 Å². The van der Waals surface area contributed by atoms with Crippen molar-refractivity contribution in [1.29, 1.82) is 0 Å². The minimum Gasteiger partial charge on any atom is -0.455 e. The van der Waals surface area contributed by atoms with E-state index in [0.29, 0.717) is 11.3 Å². The van der Waals surface area contributed by atoms with Crippen LogP contribution in [0.4, 0.5) is 4.39 Å². The van der Waals surface area contributed by atoms with Crippen LogP contribution in [0.2, 0.25) is 0 Å². The Bertz CT molecular complexity index is 543. The molecule has 0 bridgehead atoms. The van der Waals surface area contributed by atoms with Crippen LogP contribution >= 0.6 is 0 Å². The monoisotopic (exact) mass is 260 g/mol. The van der Waals surface area contributed by atoms with E-state index in [1.54, 1.807) is 12.1 Å². The third-order valence-electron chi connectivity index (χ3n) is 3.85. The van der Waals surface area contributed by atoms with Gasteiger partial charge < -0.3 is 9.73 Å². The van der Waals surface area contributed by atoms with Crippen molar-refractivity contribution in [2.24, 2.45) is 0 Å². The summed E-state index contributed by atoms with van der Waals surface area (Å²) >= 11 is 0. The number of benzene rings is 1. The van der Waals surface area contributed by atoms with Gasteiger partial charge in [-0.2, -0.15) is 0 Å². The second-order valence-electron chi connectivity index (χ2n) is 5.23. The van der Waals surface area contributed by atoms with Gasteiger partial charge in [0.05, 0.1) is 11.6 Å². The Morgan fingerprint density at radius 1 is 1.11 bits per heavy atom. The molecule has 1 aromatic carbocycles. The fraction of sp³-hybridized carbons (Fsp3) is 0.375. The highest BCUT2D eigenvalue weighted by Gasteiger charge is 2.18. The molecule has 0 radical (unpaired) electrons. The molecule has 0 saturated heterocycles. The Morgan fingerprint density at radius 2 is 1.89 bits per heavy atom. The topological polar surface area (TPSA) is 29.8 Å². The third kappa shape index (κ3) is 2.87. The first-order chi connectivity index (χ1) is 9.33. The lowest BCUT2D eigenvalue weighted by atomic mass is 10.1. The van der Waals surface area contributed by atoms with Gasteiger partial charge in [0.1, 0.15) is 18.1 Å². The van der Waals surface area contributed by atoms with Crippen LogP contribution in [0.3, 0.4) is 0 Å². The maximum Gasteiger partial charge on any atom is 0.158 e. The summed E-state index contributed by atoms with van der Waals surface area (Å²) in [4.78, 5) is 0. The first-order valence-electron chi connectivity index (χ1n) is 7.00. The summed E-state index contributed by atoms with van der Waals surface area (Å²) in [5.74, 6) is 1.31. The minimum absolute atomic E-state index is 0.233. The van der Waals surface area contributed by atoms with Crippen LogP contribution in [-0.2, 0) is 6.54 Å². The largest absolute Gasteiger partial charge is 0.455 e. The van der Waals surface area contributed by atoms with Crippen molar-refractivity contribution in [3.05, 3.63) is 48.0 Å². The molecule has 19 heavy (non-hydrogen) atoms. The Kier molecular flexibility index (Phi) is 3.65. The lowest BCUT2D eigenvalue weighted by Crippen LogP contribution is -2.87. The maximum absolute atomic E-state index is 13.6. The quantitative estimate of drug-likeness (QED) is 0.899. The second-order valence-corrected chi connectivity index (χ2v) is 5.23. The molecular weight excluding hydrogens is 241 g/mol. The van der Waals surface area contributed by atoms with E-state index in [-0.39, 0.29) is 5.82 Å². The number of hydrogen-bond donors (Lipinski definition) is 1. The van der Waals surface area contributed by atoms with E-state index in [1.165, 1.54) is 31.7 Å². The Hall–Kier alpha value is -1.61. The van der Waals surface area contributed by atoms with E-state index in [0.717, 1.165) is 18.3 Å². The summed E-state index contributed by atoms with van der Waals surface area (Å²) in [5, 5.41) is 2.34. The van der Waals surface area contributed by atoms with Crippen molar-refractivity contribution in [3.63, 3.8) is 0 Å². The summed E-state index contributed by atoms with van der Waals surface area (Å²) in [6, 6.07) is 11.3. The van der Waals surface area contributed by atoms with E-state index in [2.05, 4.69) is 5.32 Å². The van der Waals surface area contributed by atoms with Crippen molar-refractivity contribution in [3.8, 4) is 11.3 Å². The zero-order valence-corrected chi connectivity index (χ0v) is 10.9. The molecule has 0 amide bonds. The van der Waals surface area contributed by atoms with E-state index < -0.39 is 0 Å². The van der Waals surface area contributed by atoms with Crippen LogP contribution in [-0.4, -0.2) is 6.04 Å². The summed E-state index contributed by atoms with van der Waals surface area (Å²) in [5.41, 5.74) is 0.537. The van der Waals surface area contributed by atoms with Gasteiger partial charge in [0, 0.05) is 0 Å². The van der Waals surface area contributed by atoms with Crippen LogP contribution in [0.25, 0.3) is 11.3 Å². The van der Waals surface area contributed by atoms with Crippen LogP contribution in [0.5, 0.6) is 0 Å². The molecule has 2 nitrogen and oxygen atoms in total. The normalized spacial score (nSPS) is 16.1. The molecule has 0 atom stereocenters. The average Bonchev–Trinajstić information content (AvgIpc) is 3.08. The highest BCUT2D eigenvalue weighted by atomic mass is 19.1. The number of hydrogen-bond acceptors (Lipinski definition) is 1. The molecule has 0 unspecified atom stereocenters. The molecule has 1 aliphatic rings. The number of nitrogens with two attached hydrogens (primary N) is 1. The lowest BCUT2D eigenvalue weighted by Gasteiger charge is -2.06. The molecule has 1 aliphatic carbocycles. The molecule has 3 rings (SSSR count). The third-order valence-corrected chi connectivity index (χ3v) is 3.85. The standard InChI is InChI=1S/C16H18FNO/c17-15-8-4-3-7-14(15)16-10-9-13(19-16)11-18-12-5-1-2-6-12/h3-4,7-10,12,18H,1-2,5-6,11H2/p+1. The van der Waals surface area contributed by atoms with Crippen molar-refractivity contribution in [1.82, 2.24) is 0 Å². The van der Waals surface area contributed by atoms with Crippen LogP contribution in [0.15, 0.2) is 40.8 Å². The fourth-order valence-electron chi connectivity index (χ4n) is 2.77. The zero-order valence-electron chi connectivity index (χ0n) is 10.9. The molecule has 1 heterocycles. The SMILES string of the molecule is Fc1ccccc1-c1ccc(C[NH2+]C2CCCC2)o1. The molecule has 1 aromatic heterocycles. The average molecular weight is 260 g/mol. The summed E-state index contributed by atoms with van der Waals surface area (Å²) < 4.78 is 19.4. The molecule has 1 saturated carbocycles. The molecule has 2 aromatic rings. The van der Waals surface area contributed by atoms with Crippen LogP contribution < -0.4 is 5.32 Å². The van der Waals surface area contributed by atoms with E-state index >= 15 is 0 Å². The number of quaternary nitrogens is 1. The van der Waals surface area contributed by atoms with Gasteiger partial charge in [-0.15, -0.1) is 0 Å². The van der Waals surface area contributed by atoms with Crippen molar-refractivity contribution in [2.45, 2.75) is 38.3 Å². The predicted octanol–water partition coefficient (Wildman–Crippen LogP) is 3.09. The van der Waals surface area contributed by atoms with Crippen LogP contribution in [0, 0.1) is 5.82 Å². The van der Waals surface area contributed by atoms with Gasteiger partial charge in [-0.25, -0.2) is 4.39 Å². The van der Waals surface area contributed by atoms with Gasteiger partial charge in [-0.1, -0.05) is 12.1 Å². The zero-order chi connectivity index (χ0) is 13.1. The maximum atomic E-state index is 13.6. The van der Waals surface area contributed by atoms with E-state index in [1.807, 2.05) is 18.2 Å². The van der Waals surface area contributed by atoms with Gasteiger partial charge in [0.2, 0.25) is 0 Å². The Labute approximate surface area is 112 Å². The predicted molar refractivity (Wildman–Crippen MR) is 72.0 cm³/mol. The van der Waals surface area contributed by atoms with Crippen molar-refractivity contribution < 1.29 is 14.1 Å². The summed E-state index contributed by atoms with van der Waals surface area (Å²) in [6.07, 6.45) is 5.31. The first-order valence-corrected chi connectivity index (χ1v) is 7.00. The van der Waals surface area contributed by atoms with Gasteiger partial charge in [-0.05, 0) is 49.9 Å². The first kappa shape index (κ1) is 12.4. The van der Waals surface area contributed by atoms with E-state index in [9.17, 15) is 4.39 Å². The van der Waals surface area contributed by atoms with Crippen LogP contribution in [0.1, 0.15) is 31.4 Å². The number of furan rings is 1. The molecule has 3 heteroatoms. The number of rotatable bonds is 4. The Morgan fingerprint density at radius 3 is 2.68 bits per heavy atom. The molecule has 0 aliphatic heterocycles. The lowest BCUT2D eigenvalue weighted by molar-refractivity contribution is -0.704. The second kappa shape index (κ2) is 5.57. The molecule has 0 spiro atoms. The smallest absolute Gasteiger partial charge is 0.158 e. The van der Waals surface area contributed by atoms with Gasteiger partial charge in [0.25, 0.3) is 0 Å². The molecule has 2 N–H and O–H groups in total. The Balaban J connectivity index is 1.67. The minimum atomic E-state index is -0.233. The van der Waals surface area contributed by atoms with E-state index in [4.69, 9.17) is 4.42 Å². The van der Waals surface area contributed by atoms with Gasteiger partial charge >= 0.3 is 0 Å². The highest BCUT2D eigenvalue weighted by Crippen LogP contribution is 2.24. The van der Waals surface area contributed by atoms with Crippen molar-refractivity contribution in [2.75, 3.05) is 0 Å². The summed E-state index contributed by atoms with van der Waals surface area (Å²) in [7, 11) is 0. The fourth-order valence-corrected chi connectivity index (χ4v) is 2.77.